The second-order valence-electron chi connectivity index (χ2n) is 10.3. The Bertz CT molecular complexity index is 1590. The highest BCUT2D eigenvalue weighted by Gasteiger charge is 2.03. The lowest BCUT2D eigenvalue weighted by Crippen LogP contribution is -2.00. The zero-order chi connectivity index (χ0) is 32.0. The van der Waals surface area contributed by atoms with Crippen molar-refractivity contribution in [2.24, 2.45) is 5.11 Å². The van der Waals surface area contributed by atoms with Crippen LogP contribution >= 0.6 is 24.8 Å². The Morgan fingerprint density at radius 1 is 0.787 bits per heavy atom. The maximum atomic E-state index is 8.02. The van der Waals surface area contributed by atoms with Gasteiger partial charge < -0.3 is 21.4 Å². The number of terminal acetylenes is 1. The van der Waals surface area contributed by atoms with Crippen molar-refractivity contribution in [1.29, 1.82) is 0 Å². The van der Waals surface area contributed by atoms with E-state index in [1.165, 1.54) is 11.1 Å². The van der Waals surface area contributed by atoms with Crippen LogP contribution in [0.5, 0.6) is 0 Å². The molecule has 12 nitrogen and oxygen atoms in total. The van der Waals surface area contributed by atoms with Crippen LogP contribution in [0.1, 0.15) is 53.9 Å². The smallest absolute Gasteiger partial charge is 0.197 e. The number of aromatic nitrogens is 7. The fraction of sp³-hybridized carbons (Fsp3) is 0.333. The average Bonchev–Trinajstić information content (AvgIpc) is 3.81. The van der Waals surface area contributed by atoms with Crippen molar-refractivity contribution in [3.05, 3.63) is 118 Å². The van der Waals surface area contributed by atoms with Gasteiger partial charge in [0.15, 0.2) is 11.9 Å². The standard InChI is InChI=1S/C17H22N6.C9H11N3.C7H9N3.2ClH/c18-17-19-12-15(20-17)9-4-10-16-13-23(22-21-16)11-5-8-14-6-2-1-3-7-14;10-12-11-8-4-7-9-5-2-1-3-6-9;1-2-3-4-6-5-9-7(8)10-6;;/h1-3,6-7,12-13H,4-5,8-11H2,(H3,18,19,20);1-3,5-6H,4,7-8H2;1,5H,3-4H2,(H3,8,9,10);2*1H. The number of nitrogens with one attached hydrogen (secondary N) is 2. The third-order valence-electron chi connectivity index (χ3n) is 6.63. The molecule has 5 rings (SSSR count). The third-order valence-corrected chi connectivity index (χ3v) is 6.63. The molecule has 0 fully saturated rings. The highest BCUT2D eigenvalue weighted by atomic mass is 35.5. The van der Waals surface area contributed by atoms with Crippen LogP contribution in [-0.2, 0) is 38.6 Å². The van der Waals surface area contributed by atoms with E-state index in [-0.39, 0.29) is 24.8 Å². The van der Waals surface area contributed by atoms with Crippen LogP contribution in [0.4, 0.5) is 11.9 Å². The number of nitrogens with two attached hydrogens (primary N) is 2. The van der Waals surface area contributed by atoms with Gasteiger partial charge in [0.2, 0.25) is 0 Å². The van der Waals surface area contributed by atoms with E-state index in [1.54, 1.807) is 12.4 Å². The molecule has 14 heteroatoms. The molecule has 5 aromatic rings. The third kappa shape index (κ3) is 17.4. The van der Waals surface area contributed by atoms with E-state index in [2.05, 4.69) is 82.6 Å². The molecule has 0 saturated heterocycles. The molecule has 250 valence electrons. The Balaban J connectivity index is 0.000000389. The van der Waals surface area contributed by atoms with E-state index < -0.39 is 0 Å². The average molecular weight is 680 g/mol. The molecule has 0 unspecified atom stereocenters. The SMILES string of the molecule is C#CCCc1cnc(N)[nH]1.Cl.Cl.Nc1ncc(CCCc2cn(CCCc3ccccc3)nn2)[nH]1.[N-]=[N+]=NCCCc1ccccc1. The van der Waals surface area contributed by atoms with Gasteiger partial charge >= 0.3 is 0 Å². The minimum Gasteiger partial charge on any atom is -0.369 e. The van der Waals surface area contributed by atoms with Gasteiger partial charge in [-0.25, -0.2) is 9.97 Å². The summed E-state index contributed by atoms with van der Waals surface area (Å²) in [6.07, 6.45) is 19.0. The van der Waals surface area contributed by atoms with E-state index in [4.69, 9.17) is 23.4 Å². The van der Waals surface area contributed by atoms with Gasteiger partial charge in [-0.2, -0.15) is 0 Å². The Morgan fingerprint density at radius 3 is 1.89 bits per heavy atom. The second-order valence-corrected chi connectivity index (χ2v) is 10.3. The van der Waals surface area contributed by atoms with Crippen LogP contribution in [-0.4, -0.2) is 41.5 Å². The van der Waals surface area contributed by atoms with E-state index in [9.17, 15) is 0 Å². The molecule has 0 aliphatic rings. The number of hydrogen-bond donors (Lipinski definition) is 4. The highest BCUT2D eigenvalue weighted by Crippen LogP contribution is 2.07. The summed E-state index contributed by atoms with van der Waals surface area (Å²) in [5, 5.41) is 11.9. The molecule has 3 aromatic heterocycles. The largest absolute Gasteiger partial charge is 0.369 e. The topological polar surface area (TPSA) is 189 Å². The molecular formula is C33H44Cl2N12. The molecule has 0 radical (unpaired) electrons. The Morgan fingerprint density at radius 2 is 1.36 bits per heavy atom. The minimum atomic E-state index is 0. The summed E-state index contributed by atoms with van der Waals surface area (Å²) in [4.78, 5) is 16.4. The first-order valence-electron chi connectivity index (χ1n) is 15.1. The van der Waals surface area contributed by atoms with Crippen molar-refractivity contribution in [3.8, 4) is 12.3 Å². The number of H-pyrrole nitrogens is 2. The van der Waals surface area contributed by atoms with E-state index in [0.717, 1.165) is 81.4 Å². The molecule has 0 amide bonds. The molecule has 0 saturated carbocycles. The molecule has 0 aliphatic carbocycles. The zero-order valence-corrected chi connectivity index (χ0v) is 28.0. The predicted molar refractivity (Wildman–Crippen MR) is 193 cm³/mol. The molecule has 3 heterocycles. The number of anilines is 2. The van der Waals surface area contributed by atoms with Crippen molar-refractivity contribution in [2.45, 2.75) is 64.3 Å². The number of aryl methyl sites for hydroxylation is 6. The number of nitrogens with zero attached hydrogens (tertiary/aromatic N) is 8. The van der Waals surface area contributed by atoms with Gasteiger partial charge in [0.05, 0.1) is 18.1 Å². The predicted octanol–water partition coefficient (Wildman–Crippen LogP) is 6.72. The number of azide groups is 1. The number of hydrogen-bond acceptors (Lipinski definition) is 7. The first-order chi connectivity index (χ1) is 22.1. The van der Waals surface area contributed by atoms with Crippen LogP contribution in [0.2, 0.25) is 0 Å². The van der Waals surface area contributed by atoms with Gasteiger partial charge in [0, 0.05) is 48.4 Å². The monoisotopic (exact) mass is 678 g/mol. The van der Waals surface area contributed by atoms with E-state index in [0.29, 0.717) is 18.4 Å². The highest BCUT2D eigenvalue weighted by molar-refractivity contribution is 5.85. The second kappa shape index (κ2) is 24.3. The number of imidazole rings is 2. The van der Waals surface area contributed by atoms with Crippen LogP contribution < -0.4 is 11.5 Å². The van der Waals surface area contributed by atoms with Crippen LogP contribution in [0, 0.1) is 12.3 Å². The molecule has 0 atom stereocenters. The molecule has 0 spiro atoms. The summed E-state index contributed by atoms with van der Waals surface area (Å²) in [5.74, 6) is 3.46. The maximum Gasteiger partial charge on any atom is 0.197 e. The molecule has 0 aliphatic heterocycles. The number of aromatic amines is 2. The van der Waals surface area contributed by atoms with Crippen molar-refractivity contribution in [1.82, 2.24) is 34.9 Å². The number of benzene rings is 2. The van der Waals surface area contributed by atoms with Crippen LogP contribution in [0.3, 0.4) is 0 Å². The number of rotatable bonds is 14. The summed E-state index contributed by atoms with van der Waals surface area (Å²) in [6, 6.07) is 20.7. The molecular weight excluding hydrogens is 635 g/mol. The summed E-state index contributed by atoms with van der Waals surface area (Å²) >= 11 is 0. The first-order valence-corrected chi connectivity index (χ1v) is 15.1. The Hall–Kier alpha value is -4.95. The Labute approximate surface area is 288 Å². The van der Waals surface area contributed by atoms with Crippen LogP contribution in [0.25, 0.3) is 10.4 Å². The number of nitrogen functional groups attached to an aromatic ring is 2. The molecule has 2 aromatic carbocycles. The lowest BCUT2D eigenvalue weighted by molar-refractivity contribution is 0.558. The summed E-state index contributed by atoms with van der Waals surface area (Å²) in [7, 11) is 0. The Kier molecular flexibility index (Phi) is 20.7. The maximum absolute atomic E-state index is 8.02. The van der Waals surface area contributed by atoms with Crippen molar-refractivity contribution >= 4 is 36.7 Å². The van der Waals surface area contributed by atoms with Crippen molar-refractivity contribution < 1.29 is 0 Å². The van der Waals surface area contributed by atoms with Crippen molar-refractivity contribution in [2.75, 3.05) is 18.0 Å². The molecule has 0 bridgehead atoms. The van der Waals surface area contributed by atoms with Gasteiger partial charge in [0.1, 0.15) is 0 Å². The lowest BCUT2D eigenvalue weighted by Gasteiger charge is -2.01. The normalized spacial score (nSPS) is 9.60. The van der Waals surface area contributed by atoms with Crippen molar-refractivity contribution in [3.63, 3.8) is 0 Å². The quantitative estimate of drug-likeness (QED) is 0.0331. The summed E-state index contributed by atoms with van der Waals surface area (Å²) in [5.41, 5.74) is 24.7. The van der Waals surface area contributed by atoms with Gasteiger partial charge in [-0.3, -0.25) is 4.68 Å². The first kappa shape index (κ1) is 40.1. The lowest BCUT2D eigenvalue weighted by atomic mass is 10.1. The number of halogens is 2. The van der Waals surface area contributed by atoms with E-state index >= 15 is 0 Å². The van der Waals surface area contributed by atoms with Gasteiger partial charge in [0.25, 0.3) is 0 Å². The summed E-state index contributed by atoms with van der Waals surface area (Å²) < 4.78 is 1.94. The van der Waals surface area contributed by atoms with Gasteiger partial charge in [-0.15, -0.1) is 42.3 Å². The van der Waals surface area contributed by atoms with Crippen LogP contribution in [0.15, 0.2) is 84.4 Å². The van der Waals surface area contributed by atoms with Gasteiger partial charge in [-0.1, -0.05) is 71.0 Å². The zero-order valence-electron chi connectivity index (χ0n) is 26.4. The molecule has 47 heavy (non-hydrogen) atoms. The minimum absolute atomic E-state index is 0. The molecule has 6 N–H and O–H groups in total. The van der Waals surface area contributed by atoms with E-state index in [1.807, 2.05) is 35.1 Å². The summed E-state index contributed by atoms with van der Waals surface area (Å²) in [6.45, 7) is 1.49. The fourth-order valence-electron chi connectivity index (χ4n) is 4.37. The van der Waals surface area contributed by atoms with Gasteiger partial charge in [-0.05, 0) is 61.6 Å². The fourth-order valence-corrected chi connectivity index (χ4v) is 4.37.